The zero-order valence-corrected chi connectivity index (χ0v) is 17.9. The molecule has 9 nitrogen and oxygen atoms in total. The topological polar surface area (TPSA) is 94.9 Å². The van der Waals surface area contributed by atoms with E-state index in [0.717, 1.165) is 35.6 Å². The number of nitrogens with zero attached hydrogens (tertiary/aromatic N) is 7. The van der Waals surface area contributed by atoms with Crippen molar-refractivity contribution in [2.24, 2.45) is 0 Å². The Morgan fingerprint density at radius 1 is 1.27 bits per heavy atom. The first-order chi connectivity index (χ1) is 14.5. The summed E-state index contributed by atoms with van der Waals surface area (Å²) in [5, 5.41) is 16.7. The molecule has 0 spiro atoms. The van der Waals surface area contributed by atoms with E-state index >= 15 is 0 Å². The van der Waals surface area contributed by atoms with Crippen LogP contribution in [0.5, 0.6) is 0 Å². The molecule has 1 amide bonds. The molecule has 4 aromatic heterocycles. The predicted molar refractivity (Wildman–Crippen MR) is 114 cm³/mol. The van der Waals surface area contributed by atoms with Gasteiger partial charge in [0.1, 0.15) is 0 Å². The fourth-order valence-corrected chi connectivity index (χ4v) is 3.52. The summed E-state index contributed by atoms with van der Waals surface area (Å²) >= 11 is 6.01. The van der Waals surface area contributed by atoms with Crippen molar-refractivity contribution in [1.82, 2.24) is 39.5 Å². The lowest BCUT2D eigenvalue weighted by atomic mass is 10.2. The smallest absolute Gasteiger partial charge is 0.271 e. The molecule has 30 heavy (non-hydrogen) atoms. The molecule has 10 heteroatoms. The lowest BCUT2D eigenvalue weighted by molar-refractivity contribution is 0.0947. The molecule has 0 saturated heterocycles. The Morgan fingerprint density at radius 2 is 2.10 bits per heavy atom. The van der Waals surface area contributed by atoms with Crippen molar-refractivity contribution in [3.8, 4) is 11.3 Å². The first-order valence-electron chi connectivity index (χ1n) is 9.83. The summed E-state index contributed by atoms with van der Waals surface area (Å²) in [6, 6.07) is 3.57. The molecule has 0 aliphatic heterocycles. The van der Waals surface area contributed by atoms with Gasteiger partial charge in [0.15, 0.2) is 11.3 Å². The molecule has 0 saturated carbocycles. The maximum atomic E-state index is 12.6. The van der Waals surface area contributed by atoms with E-state index in [2.05, 4.69) is 25.6 Å². The average molecular weight is 427 g/mol. The van der Waals surface area contributed by atoms with Crippen molar-refractivity contribution >= 4 is 23.2 Å². The van der Waals surface area contributed by atoms with Gasteiger partial charge in [-0.2, -0.15) is 15.3 Å². The van der Waals surface area contributed by atoms with Crippen molar-refractivity contribution in [2.45, 2.75) is 40.3 Å². The van der Waals surface area contributed by atoms with Gasteiger partial charge in [0.05, 0.1) is 22.6 Å². The molecular weight excluding hydrogens is 404 g/mol. The fourth-order valence-electron chi connectivity index (χ4n) is 3.37. The van der Waals surface area contributed by atoms with Gasteiger partial charge < -0.3 is 5.32 Å². The molecule has 156 valence electrons. The Bertz CT molecular complexity index is 1190. The summed E-state index contributed by atoms with van der Waals surface area (Å²) in [6.45, 7) is 7.89. The highest BCUT2D eigenvalue weighted by Gasteiger charge is 2.16. The molecule has 0 bridgehead atoms. The second kappa shape index (κ2) is 8.27. The molecule has 0 atom stereocenters. The number of rotatable bonds is 7. The summed E-state index contributed by atoms with van der Waals surface area (Å²) < 4.78 is 5.39. The number of aryl methyl sites for hydroxylation is 3. The summed E-state index contributed by atoms with van der Waals surface area (Å²) in [4.78, 5) is 16.9. The molecule has 4 aromatic rings. The highest BCUT2D eigenvalue weighted by molar-refractivity contribution is 6.31. The zero-order valence-electron chi connectivity index (χ0n) is 17.1. The van der Waals surface area contributed by atoms with Crippen molar-refractivity contribution in [3.63, 3.8) is 0 Å². The fraction of sp³-hybridized carbons (Fsp3) is 0.350. The third-order valence-electron chi connectivity index (χ3n) is 5.01. The Labute approximate surface area is 178 Å². The van der Waals surface area contributed by atoms with Crippen LogP contribution in [-0.2, 0) is 13.1 Å². The van der Waals surface area contributed by atoms with Crippen molar-refractivity contribution in [3.05, 3.63) is 52.8 Å². The van der Waals surface area contributed by atoms with Crippen LogP contribution in [0.15, 0.2) is 30.7 Å². The summed E-state index contributed by atoms with van der Waals surface area (Å²) in [7, 11) is 0. The van der Waals surface area contributed by atoms with Crippen molar-refractivity contribution in [2.75, 3.05) is 6.54 Å². The number of halogens is 1. The van der Waals surface area contributed by atoms with Gasteiger partial charge in [0.2, 0.25) is 0 Å². The van der Waals surface area contributed by atoms with Crippen LogP contribution in [0.2, 0.25) is 5.02 Å². The molecule has 4 heterocycles. The van der Waals surface area contributed by atoms with E-state index in [1.165, 1.54) is 0 Å². The molecule has 0 aliphatic rings. The lowest BCUT2D eigenvalue weighted by Crippen LogP contribution is -2.25. The Kier molecular flexibility index (Phi) is 5.54. The van der Waals surface area contributed by atoms with Crippen LogP contribution in [-0.4, -0.2) is 46.6 Å². The zero-order chi connectivity index (χ0) is 21.3. The highest BCUT2D eigenvalue weighted by Crippen LogP contribution is 2.23. The second-order valence-electron chi connectivity index (χ2n) is 7.02. The van der Waals surface area contributed by atoms with Crippen molar-refractivity contribution < 1.29 is 4.79 Å². The normalized spacial score (nSPS) is 11.3. The van der Waals surface area contributed by atoms with Gasteiger partial charge >= 0.3 is 0 Å². The lowest BCUT2D eigenvalue weighted by Gasteiger charge is -2.05. The summed E-state index contributed by atoms with van der Waals surface area (Å²) in [6.07, 6.45) is 6.05. The van der Waals surface area contributed by atoms with Crippen LogP contribution in [0.1, 0.15) is 35.2 Å². The number of hydrogen-bond acceptors (Lipinski definition) is 5. The SMILES string of the molecule is CCn1ncc(-c2ccnc3cc(C(=O)NCCCn4cc(Cl)c(C)n4)nn23)c1C. The van der Waals surface area contributed by atoms with Crippen LogP contribution in [0.25, 0.3) is 16.9 Å². The molecule has 0 unspecified atom stereocenters. The monoisotopic (exact) mass is 426 g/mol. The minimum Gasteiger partial charge on any atom is -0.351 e. The van der Waals surface area contributed by atoms with Gasteiger partial charge in [0.25, 0.3) is 5.91 Å². The van der Waals surface area contributed by atoms with Gasteiger partial charge in [-0.25, -0.2) is 9.50 Å². The highest BCUT2D eigenvalue weighted by atomic mass is 35.5. The first-order valence-corrected chi connectivity index (χ1v) is 10.2. The van der Waals surface area contributed by atoms with Crippen LogP contribution in [0.3, 0.4) is 0 Å². The second-order valence-corrected chi connectivity index (χ2v) is 7.43. The maximum Gasteiger partial charge on any atom is 0.271 e. The average Bonchev–Trinajstić information content (AvgIpc) is 3.42. The van der Waals surface area contributed by atoms with Gasteiger partial charge in [-0.05, 0) is 33.3 Å². The van der Waals surface area contributed by atoms with E-state index in [0.29, 0.717) is 29.5 Å². The number of fused-ring (bicyclic) bond motifs is 1. The van der Waals surface area contributed by atoms with Crippen molar-refractivity contribution in [1.29, 1.82) is 0 Å². The number of amides is 1. The number of aromatic nitrogens is 7. The van der Waals surface area contributed by atoms with Crippen LogP contribution in [0, 0.1) is 13.8 Å². The molecular formula is C20H23ClN8O. The van der Waals surface area contributed by atoms with E-state index in [9.17, 15) is 4.79 Å². The Morgan fingerprint density at radius 3 is 2.80 bits per heavy atom. The van der Waals surface area contributed by atoms with E-state index in [-0.39, 0.29) is 5.91 Å². The Hall–Kier alpha value is -3.20. The molecule has 0 aromatic carbocycles. The molecule has 1 N–H and O–H groups in total. The molecule has 0 radical (unpaired) electrons. The van der Waals surface area contributed by atoms with Gasteiger partial charge in [-0.3, -0.25) is 14.2 Å². The summed E-state index contributed by atoms with van der Waals surface area (Å²) in [5.74, 6) is -0.234. The third kappa shape index (κ3) is 3.80. The standard InChI is InChI=1S/C20H23ClN8O/c1-4-28-14(3)15(11-24-28)18-6-8-22-19-10-17(26-29(18)19)20(30)23-7-5-9-27-12-16(21)13(2)25-27/h6,8,10-12H,4-5,7,9H2,1-3H3,(H,23,30). The van der Waals surface area contributed by atoms with Gasteiger partial charge in [0, 0.05) is 49.4 Å². The van der Waals surface area contributed by atoms with E-state index in [1.54, 1.807) is 27.7 Å². The molecule has 0 aliphatic carbocycles. The minimum atomic E-state index is -0.234. The summed E-state index contributed by atoms with van der Waals surface area (Å²) in [5.41, 5.74) is 4.60. The van der Waals surface area contributed by atoms with E-state index in [1.807, 2.05) is 37.7 Å². The minimum absolute atomic E-state index is 0.234. The third-order valence-corrected chi connectivity index (χ3v) is 5.38. The van der Waals surface area contributed by atoms with Crippen LogP contribution in [0.4, 0.5) is 0 Å². The van der Waals surface area contributed by atoms with Gasteiger partial charge in [-0.1, -0.05) is 11.6 Å². The first kappa shape index (κ1) is 20.1. The number of carbonyl (C=O) groups excluding carboxylic acids is 1. The number of nitrogens with one attached hydrogen (secondary N) is 1. The predicted octanol–water partition coefficient (Wildman–Crippen LogP) is 2.90. The Balaban J connectivity index is 1.46. The number of carbonyl (C=O) groups is 1. The van der Waals surface area contributed by atoms with Crippen LogP contribution >= 0.6 is 11.6 Å². The van der Waals surface area contributed by atoms with E-state index in [4.69, 9.17) is 11.6 Å². The van der Waals surface area contributed by atoms with Crippen LogP contribution < -0.4 is 5.32 Å². The molecule has 4 rings (SSSR count). The van der Waals surface area contributed by atoms with E-state index < -0.39 is 0 Å². The largest absolute Gasteiger partial charge is 0.351 e. The van der Waals surface area contributed by atoms with Gasteiger partial charge in [-0.15, -0.1) is 0 Å². The number of hydrogen-bond donors (Lipinski definition) is 1. The molecule has 0 fully saturated rings. The quantitative estimate of drug-likeness (QED) is 0.458. The maximum absolute atomic E-state index is 12.6.